The van der Waals surface area contributed by atoms with Gasteiger partial charge in [0.15, 0.2) is 0 Å². The normalized spacial score (nSPS) is 11.6. The van der Waals surface area contributed by atoms with Crippen LogP contribution in [0.3, 0.4) is 0 Å². The van der Waals surface area contributed by atoms with E-state index in [1.165, 1.54) is 0 Å². The van der Waals surface area contributed by atoms with Gasteiger partial charge in [0.05, 0.1) is 11.4 Å². The standard InChI is InChI=1S/C17H16ClN3O3S/c1-11-3-4-12(2)15(9-11)25(22,23)19-10-16-20-17(21-24-16)13-5-7-14(18)8-6-13/h3-9,19H,10H2,1-2H3. The van der Waals surface area contributed by atoms with Crippen LogP contribution in [0, 0.1) is 13.8 Å². The van der Waals surface area contributed by atoms with Crippen molar-refractivity contribution in [1.82, 2.24) is 14.9 Å². The number of sulfonamides is 1. The molecule has 0 spiro atoms. The molecule has 0 fully saturated rings. The molecule has 25 heavy (non-hydrogen) atoms. The number of hydrogen-bond donors (Lipinski definition) is 1. The van der Waals surface area contributed by atoms with Gasteiger partial charge >= 0.3 is 0 Å². The predicted molar refractivity (Wildman–Crippen MR) is 94.7 cm³/mol. The molecule has 0 aliphatic heterocycles. The minimum absolute atomic E-state index is 0.0870. The quantitative estimate of drug-likeness (QED) is 0.735. The van der Waals surface area contributed by atoms with Crippen LogP contribution in [0.15, 0.2) is 51.9 Å². The van der Waals surface area contributed by atoms with E-state index >= 15 is 0 Å². The highest BCUT2D eigenvalue weighted by Gasteiger charge is 2.18. The summed E-state index contributed by atoms with van der Waals surface area (Å²) in [5, 5.41) is 4.46. The van der Waals surface area contributed by atoms with Crippen LogP contribution >= 0.6 is 11.6 Å². The Morgan fingerprint density at radius 1 is 1.12 bits per heavy atom. The van der Waals surface area contributed by atoms with E-state index < -0.39 is 10.0 Å². The van der Waals surface area contributed by atoms with Crippen molar-refractivity contribution in [3.05, 3.63) is 64.5 Å². The molecule has 6 nitrogen and oxygen atoms in total. The molecule has 0 aliphatic rings. The first-order valence-corrected chi connectivity index (χ1v) is 9.37. The Morgan fingerprint density at radius 3 is 2.56 bits per heavy atom. The van der Waals surface area contributed by atoms with Crippen molar-refractivity contribution in [3.63, 3.8) is 0 Å². The molecule has 0 saturated heterocycles. The third kappa shape index (κ3) is 4.07. The van der Waals surface area contributed by atoms with Gasteiger partial charge < -0.3 is 4.52 Å². The Balaban J connectivity index is 1.75. The number of benzene rings is 2. The molecule has 0 amide bonds. The van der Waals surface area contributed by atoms with Crippen molar-refractivity contribution in [2.75, 3.05) is 0 Å². The van der Waals surface area contributed by atoms with Crippen LogP contribution < -0.4 is 4.72 Å². The fourth-order valence-corrected chi connectivity index (χ4v) is 3.70. The smallest absolute Gasteiger partial charge is 0.242 e. The molecule has 0 unspecified atom stereocenters. The van der Waals surface area contributed by atoms with Gasteiger partial charge in [-0.1, -0.05) is 28.9 Å². The van der Waals surface area contributed by atoms with E-state index in [1.54, 1.807) is 43.3 Å². The highest BCUT2D eigenvalue weighted by atomic mass is 35.5. The van der Waals surface area contributed by atoms with Crippen molar-refractivity contribution < 1.29 is 12.9 Å². The lowest BCUT2D eigenvalue weighted by Gasteiger charge is -2.08. The zero-order chi connectivity index (χ0) is 18.0. The molecule has 0 atom stereocenters. The molecule has 2 aromatic carbocycles. The SMILES string of the molecule is Cc1ccc(C)c(S(=O)(=O)NCc2nc(-c3ccc(Cl)cc3)no2)c1. The highest BCUT2D eigenvalue weighted by Crippen LogP contribution is 2.19. The number of nitrogens with zero attached hydrogens (tertiary/aromatic N) is 2. The monoisotopic (exact) mass is 377 g/mol. The number of nitrogens with one attached hydrogen (secondary N) is 1. The molecule has 3 rings (SSSR count). The van der Waals surface area contributed by atoms with Crippen LogP contribution in [0.2, 0.25) is 5.02 Å². The van der Waals surface area contributed by atoms with Gasteiger partial charge in [0, 0.05) is 10.6 Å². The maximum atomic E-state index is 12.5. The van der Waals surface area contributed by atoms with Crippen molar-refractivity contribution >= 4 is 21.6 Å². The van der Waals surface area contributed by atoms with E-state index in [2.05, 4.69) is 14.9 Å². The van der Waals surface area contributed by atoms with E-state index in [-0.39, 0.29) is 17.3 Å². The number of hydrogen-bond acceptors (Lipinski definition) is 5. The minimum atomic E-state index is -3.67. The van der Waals surface area contributed by atoms with Crippen LogP contribution in [0.1, 0.15) is 17.0 Å². The average Bonchev–Trinajstić information content (AvgIpc) is 3.05. The minimum Gasteiger partial charge on any atom is -0.338 e. The van der Waals surface area contributed by atoms with E-state index in [4.69, 9.17) is 16.1 Å². The van der Waals surface area contributed by atoms with Gasteiger partial charge in [-0.3, -0.25) is 0 Å². The lowest BCUT2D eigenvalue weighted by Crippen LogP contribution is -2.24. The van der Waals surface area contributed by atoms with Crippen LogP contribution in [-0.4, -0.2) is 18.6 Å². The van der Waals surface area contributed by atoms with Crippen LogP contribution in [0.5, 0.6) is 0 Å². The van der Waals surface area contributed by atoms with Gasteiger partial charge in [0.2, 0.25) is 21.7 Å². The molecule has 3 aromatic rings. The zero-order valence-corrected chi connectivity index (χ0v) is 15.2. The lowest BCUT2D eigenvalue weighted by molar-refractivity contribution is 0.376. The molecule has 1 aromatic heterocycles. The van der Waals surface area contributed by atoms with Gasteiger partial charge in [-0.05, 0) is 55.3 Å². The molecule has 0 bridgehead atoms. The summed E-state index contributed by atoms with van der Waals surface area (Å²) < 4.78 is 32.6. The average molecular weight is 378 g/mol. The zero-order valence-electron chi connectivity index (χ0n) is 13.7. The van der Waals surface area contributed by atoms with Crippen molar-refractivity contribution in [3.8, 4) is 11.4 Å². The third-order valence-corrected chi connectivity index (χ3v) is 5.41. The Bertz CT molecular complexity index is 998. The lowest BCUT2D eigenvalue weighted by atomic mass is 10.2. The Hall–Kier alpha value is -2.22. The van der Waals surface area contributed by atoms with E-state index in [0.717, 1.165) is 11.1 Å². The summed E-state index contributed by atoms with van der Waals surface area (Å²) in [7, 11) is -3.67. The second kappa shape index (κ2) is 6.95. The topological polar surface area (TPSA) is 85.1 Å². The van der Waals surface area contributed by atoms with Crippen LogP contribution in [-0.2, 0) is 16.6 Å². The first-order valence-electron chi connectivity index (χ1n) is 7.50. The Morgan fingerprint density at radius 2 is 1.84 bits per heavy atom. The number of aromatic nitrogens is 2. The molecular weight excluding hydrogens is 362 g/mol. The summed E-state index contributed by atoms with van der Waals surface area (Å²) in [5.74, 6) is 0.552. The van der Waals surface area contributed by atoms with Gasteiger partial charge in [-0.2, -0.15) is 4.98 Å². The van der Waals surface area contributed by atoms with Gasteiger partial charge in [0.25, 0.3) is 0 Å². The van der Waals surface area contributed by atoms with Gasteiger partial charge in [0.1, 0.15) is 0 Å². The fraction of sp³-hybridized carbons (Fsp3) is 0.176. The maximum absolute atomic E-state index is 12.5. The highest BCUT2D eigenvalue weighted by molar-refractivity contribution is 7.89. The Kier molecular flexibility index (Phi) is 4.89. The third-order valence-electron chi connectivity index (χ3n) is 3.62. The molecule has 0 saturated carbocycles. The number of halogens is 1. The fourth-order valence-electron chi connectivity index (χ4n) is 2.27. The Labute approximate surface area is 150 Å². The second-order valence-corrected chi connectivity index (χ2v) is 7.78. The van der Waals surface area contributed by atoms with Crippen molar-refractivity contribution in [2.24, 2.45) is 0 Å². The maximum Gasteiger partial charge on any atom is 0.242 e. The van der Waals surface area contributed by atoms with Crippen molar-refractivity contribution in [1.29, 1.82) is 0 Å². The molecule has 130 valence electrons. The van der Waals surface area contributed by atoms with Gasteiger partial charge in [-0.25, -0.2) is 13.1 Å². The summed E-state index contributed by atoms with van der Waals surface area (Å²) in [6, 6.07) is 12.2. The van der Waals surface area contributed by atoms with Crippen LogP contribution in [0.25, 0.3) is 11.4 Å². The summed E-state index contributed by atoms with van der Waals surface area (Å²) in [6.45, 7) is 3.50. The van der Waals surface area contributed by atoms with E-state index in [1.807, 2.05) is 13.0 Å². The molecule has 1 N–H and O–H groups in total. The molecule has 8 heteroatoms. The summed E-state index contributed by atoms with van der Waals surface area (Å²) in [6.07, 6.45) is 0. The molecule has 0 aliphatic carbocycles. The van der Waals surface area contributed by atoms with E-state index in [0.29, 0.717) is 16.4 Å². The number of rotatable bonds is 5. The summed E-state index contributed by atoms with van der Waals surface area (Å²) in [4.78, 5) is 4.44. The molecule has 1 heterocycles. The van der Waals surface area contributed by atoms with Gasteiger partial charge in [-0.15, -0.1) is 0 Å². The second-order valence-electron chi connectivity index (χ2n) is 5.61. The summed E-state index contributed by atoms with van der Waals surface area (Å²) >= 11 is 5.85. The molecule has 0 radical (unpaired) electrons. The van der Waals surface area contributed by atoms with Crippen molar-refractivity contribution in [2.45, 2.75) is 25.3 Å². The van der Waals surface area contributed by atoms with E-state index in [9.17, 15) is 8.42 Å². The largest absolute Gasteiger partial charge is 0.338 e. The molecular formula is C17H16ClN3O3S. The first kappa shape index (κ1) is 17.6. The predicted octanol–water partition coefficient (Wildman–Crippen LogP) is 3.49. The van der Waals surface area contributed by atoms with Crippen LogP contribution in [0.4, 0.5) is 0 Å². The number of aryl methyl sites for hydroxylation is 2. The first-order chi connectivity index (χ1) is 11.8. The summed E-state index contributed by atoms with van der Waals surface area (Å²) in [5.41, 5.74) is 2.27.